The first-order valence-electron chi connectivity index (χ1n) is 12.3. The molecule has 0 spiro atoms. The molecule has 1 aromatic heterocycles. The van der Waals surface area contributed by atoms with E-state index in [1.54, 1.807) is 17.4 Å². The number of carbonyl (C=O) groups excluding carboxylic acids is 1. The maximum absolute atomic E-state index is 13.4. The van der Waals surface area contributed by atoms with E-state index in [1.165, 1.54) is 0 Å². The van der Waals surface area contributed by atoms with Crippen molar-refractivity contribution in [3.8, 4) is 10.4 Å². The van der Waals surface area contributed by atoms with E-state index in [2.05, 4.69) is 15.4 Å². The van der Waals surface area contributed by atoms with Gasteiger partial charge in [-0.15, -0.1) is 11.3 Å². The van der Waals surface area contributed by atoms with E-state index in [4.69, 9.17) is 10.7 Å². The van der Waals surface area contributed by atoms with Gasteiger partial charge in [0.15, 0.2) is 0 Å². The minimum atomic E-state index is -1.48. The van der Waals surface area contributed by atoms with Crippen LogP contribution in [-0.4, -0.2) is 26.8 Å². The Morgan fingerprint density at radius 2 is 1.83 bits per heavy atom. The number of rotatable bonds is 7. The SMILES string of the molecule is CC(C)(C)NS(=O)c1cc(NC(=O)NCc2ccccc2)ccc1-c1cnc(C2CCC(N)CC2)s1. The molecule has 4 rings (SSSR count). The van der Waals surface area contributed by atoms with E-state index in [9.17, 15) is 9.00 Å². The van der Waals surface area contributed by atoms with Crippen LogP contribution in [0.4, 0.5) is 10.5 Å². The summed E-state index contributed by atoms with van der Waals surface area (Å²) >= 11 is 1.65. The second kappa shape index (κ2) is 11.6. The highest BCUT2D eigenvalue weighted by Crippen LogP contribution is 2.39. The molecule has 3 aromatic rings. The Bertz CT molecular complexity index is 1200. The Labute approximate surface area is 219 Å². The Morgan fingerprint density at radius 3 is 2.53 bits per heavy atom. The van der Waals surface area contributed by atoms with Crippen LogP contribution in [0.1, 0.15) is 62.9 Å². The zero-order valence-corrected chi connectivity index (χ0v) is 22.7. The molecule has 192 valence electrons. The number of hydrogen-bond acceptors (Lipinski definition) is 5. The molecule has 0 radical (unpaired) electrons. The molecule has 5 N–H and O–H groups in total. The highest BCUT2D eigenvalue weighted by molar-refractivity contribution is 7.83. The van der Waals surface area contributed by atoms with Crippen LogP contribution in [0.25, 0.3) is 10.4 Å². The molecular weight excluding hydrogens is 490 g/mol. The van der Waals surface area contributed by atoms with E-state index >= 15 is 0 Å². The Balaban J connectivity index is 1.54. The molecule has 0 bridgehead atoms. The van der Waals surface area contributed by atoms with Crippen LogP contribution in [-0.2, 0) is 17.5 Å². The molecule has 1 aliphatic carbocycles. The fourth-order valence-electron chi connectivity index (χ4n) is 4.21. The summed E-state index contributed by atoms with van der Waals surface area (Å²) in [6.45, 7) is 6.34. The van der Waals surface area contributed by atoms with Crippen LogP contribution in [0.2, 0.25) is 0 Å². The predicted molar refractivity (Wildman–Crippen MR) is 148 cm³/mol. The third kappa shape index (κ3) is 7.22. The zero-order valence-electron chi connectivity index (χ0n) is 21.0. The van der Waals surface area contributed by atoms with E-state index in [1.807, 2.05) is 69.4 Å². The number of hydrogen-bond donors (Lipinski definition) is 4. The largest absolute Gasteiger partial charge is 0.334 e. The standard InChI is InChI=1S/C27H35N5O2S2/c1-27(2,3)32-36(34)24-15-21(31-26(33)30-16-18-7-5-4-6-8-18)13-14-22(24)23-17-29-25(35-23)19-9-11-20(28)12-10-19/h4-8,13-15,17,19-20,32H,9-12,16,28H2,1-3H3,(H2,30,31,33). The van der Waals surface area contributed by atoms with Crippen molar-refractivity contribution in [2.24, 2.45) is 5.73 Å². The van der Waals surface area contributed by atoms with Gasteiger partial charge in [0.2, 0.25) is 0 Å². The first-order valence-corrected chi connectivity index (χ1v) is 14.3. The van der Waals surface area contributed by atoms with Crippen molar-refractivity contribution in [2.45, 2.75) is 75.4 Å². The van der Waals surface area contributed by atoms with E-state index in [0.717, 1.165) is 46.7 Å². The lowest BCUT2D eigenvalue weighted by Gasteiger charge is -2.24. The normalized spacial score (nSPS) is 19.0. The van der Waals surface area contributed by atoms with Crippen LogP contribution in [0.5, 0.6) is 0 Å². The smallest absolute Gasteiger partial charge is 0.319 e. The Morgan fingerprint density at radius 1 is 1.11 bits per heavy atom. The first-order chi connectivity index (χ1) is 17.2. The first kappa shape index (κ1) is 26.5. The number of nitrogens with two attached hydrogens (primary N) is 1. The van der Waals surface area contributed by atoms with Gasteiger partial charge in [0.05, 0.1) is 14.8 Å². The number of benzene rings is 2. The van der Waals surface area contributed by atoms with Crippen LogP contribution in [0.15, 0.2) is 59.6 Å². The number of amides is 2. The van der Waals surface area contributed by atoms with E-state index < -0.39 is 11.0 Å². The summed E-state index contributed by atoms with van der Waals surface area (Å²) in [4.78, 5) is 18.8. The summed E-state index contributed by atoms with van der Waals surface area (Å²) in [5.41, 5.74) is 8.18. The molecule has 7 nitrogen and oxygen atoms in total. The average Bonchev–Trinajstić information content (AvgIpc) is 3.33. The summed E-state index contributed by atoms with van der Waals surface area (Å²) in [5.74, 6) is 0.430. The Kier molecular flexibility index (Phi) is 8.56. The fourth-order valence-corrected chi connectivity index (χ4v) is 6.68. The van der Waals surface area contributed by atoms with Gasteiger partial charge in [0.25, 0.3) is 0 Å². The van der Waals surface area contributed by atoms with Gasteiger partial charge in [-0.1, -0.05) is 36.4 Å². The molecule has 36 heavy (non-hydrogen) atoms. The van der Waals surface area contributed by atoms with E-state index in [-0.39, 0.29) is 11.6 Å². The molecule has 1 fully saturated rings. The second-order valence-electron chi connectivity index (χ2n) is 10.3. The van der Waals surface area contributed by atoms with Crippen molar-refractivity contribution in [2.75, 3.05) is 5.32 Å². The van der Waals surface area contributed by atoms with Gasteiger partial charge in [-0.25, -0.2) is 18.7 Å². The highest BCUT2D eigenvalue weighted by atomic mass is 32.2. The van der Waals surface area contributed by atoms with Crippen molar-refractivity contribution in [3.63, 3.8) is 0 Å². The monoisotopic (exact) mass is 525 g/mol. The summed E-state index contributed by atoms with van der Waals surface area (Å²) in [7, 11) is -1.48. The van der Waals surface area contributed by atoms with Gasteiger partial charge in [-0.2, -0.15) is 0 Å². The van der Waals surface area contributed by atoms with Crippen molar-refractivity contribution >= 4 is 34.0 Å². The lowest BCUT2D eigenvalue weighted by molar-refractivity contribution is 0.251. The van der Waals surface area contributed by atoms with Crippen LogP contribution >= 0.6 is 11.3 Å². The maximum Gasteiger partial charge on any atom is 0.319 e. The summed E-state index contributed by atoms with van der Waals surface area (Å²) < 4.78 is 16.6. The molecule has 1 heterocycles. The maximum atomic E-state index is 13.4. The minimum Gasteiger partial charge on any atom is -0.334 e. The number of aromatic nitrogens is 1. The van der Waals surface area contributed by atoms with Crippen molar-refractivity contribution in [3.05, 3.63) is 65.3 Å². The van der Waals surface area contributed by atoms with E-state index in [0.29, 0.717) is 29.1 Å². The second-order valence-corrected chi connectivity index (χ2v) is 12.5. The topological polar surface area (TPSA) is 109 Å². The van der Waals surface area contributed by atoms with Gasteiger partial charge in [-0.3, -0.25) is 0 Å². The summed E-state index contributed by atoms with van der Waals surface area (Å²) in [5, 5.41) is 6.85. The zero-order chi connectivity index (χ0) is 25.7. The van der Waals surface area contributed by atoms with Gasteiger partial charge >= 0.3 is 6.03 Å². The van der Waals surface area contributed by atoms with Gasteiger partial charge in [-0.05, 0) is 64.2 Å². The fraction of sp³-hybridized carbons (Fsp3) is 0.407. The van der Waals surface area contributed by atoms with Crippen LogP contribution < -0.4 is 21.1 Å². The highest BCUT2D eigenvalue weighted by Gasteiger charge is 2.24. The third-order valence-corrected chi connectivity index (χ3v) is 8.77. The number of thiazole rings is 1. The molecule has 1 unspecified atom stereocenters. The average molecular weight is 526 g/mol. The lowest BCUT2D eigenvalue weighted by atomic mass is 9.87. The van der Waals surface area contributed by atoms with Gasteiger partial charge in [0.1, 0.15) is 11.0 Å². The predicted octanol–water partition coefficient (Wildman–Crippen LogP) is 5.53. The van der Waals surface area contributed by atoms with Crippen molar-refractivity contribution in [1.29, 1.82) is 0 Å². The molecule has 2 aromatic carbocycles. The third-order valence-electron chi connectivity index (χ3n) is 6.04. The van der Waals surface area contributed by atoms with Gasteiger partial charge in [0, 0.05) is 41.5 Å². The summed E-state index contributed by atoms with van der Waals surface area (Å²) in [6, 6.07) is 15.2. The number of nitrogens with one attached hydrogen (secondary N) is 3. The molecule has 1 atom stereocenters. The number of urea groups is 1. The number of anilines is 1. The summed E-state index contributed by atoms with van der Waals surface area (Å²) in [6.07, 6.45) is 6.04. The molecule has 0 saturated heterocycles. The van der Waals surface area contributed by atoms with Gasteiger partial charge < -0.3 is 16.4 Å². The molecule has 2 amide bonds. The molecule has 1 saturated carbocycles. The minimum absolute atomic E-state index is 0.295. The van der Waals surface area contributed by atoms with Crippen LogP contribution in [0, 0.1) is 0 Å². The van der Waals surface area contributed by atoms with Crippen LogP contribution in [0.3, 0.4) is 0 Å². The molecular formula is C27H35N5O2S2. The molecule has 1 aliphatic rings. The molecule has 0 aliphatic heterocycles. The van der Waals surface area contributed by atoms with Crippen molar-refractivity contribution in [1.82, 2.24) is 15.0 Å². The number of carbonyl (C=O) groups is 1. The van der Waals surface area contributed by atoms with Crippen molar-refractivity contribution < 1.29 is 9.00 Å². The molecule has 9 heteroatoms. The quantitative estimate of drug-likeness (QED) is 0.325. The number of nitrogens with zero attached hydrogens (tertiary/aromatic N) is 1. The Hall–Kier alpha value is -2.59. The lowest BCUT2D eigenvalue weighted by Crippen LogP contribution is -2.37.